The first-order valence-electron chi connectivity index (χ1n) is 11.1. The summed E-state index contributed by atoms with van der Waals surface area (Å²) in [5.41, 5.74) is 2.62. The van der Waals surface area contributed by atoms with E-state index in [9.17, 15) is 18.0 Å². The second-order valence-corrected chi connectivity index (χ2v) is 10.7. The number of hydrogen-bond acceptors (Lipinski definition) is 4. The number of amides is 1. The van der Waals surface area contributed by atoms with Gasteiger partial charge in [-0.3, -0.25) is 13.9 Å². The number of imidazole rings is 1. The zero-order chi connectivity index (χ0) is 23.0. The molecule has 32 heavy (non-hydrogen) atoms. The predicted octanol–water partition coefficient (Wildman–Crippen LogP) is 3.80. The molecule has 1 N–H and O–H groups in total. The van der Waals surface area contributed by atoms with E-state index in [2.05, 4.69) is 5.32 Å². The molecule has 0 bridgehead atoms. The first-order chi connectivity index (χ1) is 15.2. The quantitative estimate of drug-likeness (QED) is 0.634. The number of aromatic nitrogens is 2. The number of hydrogen-bond donors (Lipinski definition) is 1. The van der Waals surface area contributed by atoms with Crippen molar-refractivity contribution in [3.63, 3.8) is 0 Å². The lowest BCUT2D eigenvalue weighted by molar-refractivity contribution is 0.102. The average Bonchev–Trinajstić information content (AvgIpc) is 3.02. The molecule has 0 spiro atoms. The third-order valence-corrected chi connectivity index (χ3v) is 8.84. The maximum atomic E-state index is 13.6. The molecule has 1 aromatic heterocycles. The number of rotatable bonds is 5. The van der Waals surface area contributed by atoms with E-state index in [1.54, 1.807) is 32.3 Å². The van der Waals surface area contributed by atoms with E-state index < -0.39 is 15.1 Å². The van der Waals surface area contributed by atoms with Crippen LogP contribution in [0.25, 0.3) is 11.0 Å². The summed E-state index contributed by atoms with van der Waals surface area (Å²) in [4.78, 5) is 25.5. The molecule has 0 atom stereocenters. The van der Waals surface area contributed by atoms with Crippen LogP contribution < -0.4 is 11.0 Å². The molecule has 4 rings (SSSR count). The Balaban J connectivity index is 1.83. The fourth-order valence-corrected chi connectivity index (χ4v) is 6.51. The number of aryl methyl sites for hydroxylation is 3. The minimum Gasteiger partial charge on any atom is -0.321 e. The number of nitrogens with one attached hydrogen (secondary N) is 1. The Hall–Kier alpha value is -2.87. The topological polar surface area (TPSA) is 90.2 Å². The van der Waals surface area contributed by atoms with E-state index in [1.807, 2.05) is 19.1 Å². The Morgan fingerprint density at radius 2 is 1.59 bits per heavy atom. The highest BCUT2D eigenvalue weighted by atomic mass is 32.2. The molecule has 3 aromatic rings. The zero-order valence-corrected chi connectivity index (χ0v) is 19.5. The highest BCUT2D eigenvalue weighted by molar-refractivity contribution is 7.92. The van der Waals surface area contributed by atoms with Gasteiger partial charge in [0.1, 0.15) is 0 Å². The fourth-order valence-electron chi connectivity index (χ4n) is 4.50. The van der Waals surface area contributed by atoms with Gasteiger partial charge in [0.15, 0.2) is 9.84 Å². The number of carbonyl (C=O) groups is 1. The molecule has 1 aliphatic carbocycles. The van der Waals surface area contributed by atoms with Crippen LogP contribution in [0.15, 0.2) is 46.1 Å². The standard InChI is InChI=1S/C24H29N3O4S/c1-4-16-10-12-17(13-11-16)23(28)25-19-14-20-21(27(3)24(29)26(20)2)15-22(19)32(30,31)18-8-6-5-7-9-18/h10-15,18H,4-9H2,1-3H3,(H,25,28). The largest absolute Gasteiger partial charge is 0.328 e. The number of anilines is 1. The third kappa shape index (κ3) is 3.88. The fraction of sp³-hybridized carbons (Fsp3) is 0.417. The second kappa shape index (κ2) is 8.58. The van der Waals surface area contributed by atoms with Crippen LogP contribution in [0.2, 0.25) is 0 Å². The molecular weight excluding hydrogens is 426 g/mol. The first kappa shape index (κ1) is 22.3. The van der Waals surface area contributed by atoms with Gasteiger partial charge < -0.3 is 5.32 Å². The zero-order valence-electron chi connectivity index (χ0n) is 18.7. The molecule has 0 radical (unpaired) electrons. The van der Waals surface area contributed by atoms with Crippen LogP contribution in [0.1, 0.15) is 54.9 Å². The summed E-state index contributed by atoms with van der Waals surface area (Å²) in [6.45, 7) is 2.04. The summed E-state index contributed by atoms with van der Waals surface area (Å²) in [5.74, 6) is -0.381. The molecular formula is C24H29N3O4S. The summed E-state index contributed by atoms with van der Waals surface area (Å²) < 4.78 is 30.1. The van der Waals surface area contributed by atoms with Gasteiger partial charge in [0, 0.05) is 19.7 Å². The van der Waals surface area contributed by atoms with E-state index in [0.717, 1.165) is 31.2 Å². The number of fused-ring (bicyclic) bond motifs is 1. The average molecular weight is 456 g/mol. The van der Waals surface area contributed by atoms with Crippen LogP contribution in [0.3, 0.4) is 0 Å². The first-order valence-corrected chi connectivity index (χ1v) is 12.6. The molecule has 0 saturated heterocycles. The molecule has 1 aliphatic rings. The van der Waals surface area contributed by atoms with Gasteiger partial charge >= 0.3 is 5.69 Å². The maximum Gasteiger partial charge on any atom is 0.328 e. The van der Waals surface area contributed by atoms with Crippen molar-refractivity contribution < 1.29 is 13.2 Å². The summed E-state index contributed by atoms with van der Waals surface area (Å²) >= 11 is 0. The number of nitrogens with zero attached hydrogens (tertiary/aromatic N) is 2. The molecule has 1 heterocycles. The van der Waals surface area contributed by atoms with E-state index >= 15 is 0 Å². The van der Waals surface area contributed by atoms with E-state index in [1.165, 1.54) is 15.2 Å². The molecule has 170 valence electrons. The second-order valence-electron chi connectivity index (χ2n) is 8.55. The van der Waals surface area contributed by atoms with Crippen LogP contribution in [0, 0.1) is 0 Å². The molecule has 1 fully saturated rings. The summed E-state index contributed by atoms with van der Waals surface area (Å²) in [5, 5.41) is 2.34. The SMILES string of the molecule is CCc1ccc(C(=O)Nc2cc3c(cc2S(=O)(=O)C2CCCCC2)n(C)c(=O)n3C)cc1. The van der Waals surface area contributed by atoms with Gasteiger partial charge in [0.05, 0.1) is 26.9 Å². The molecule has 7 nitrogen and oxygen atoms in total. The van der Waals surface area contributed by atoms with Crippen molar-refractivity contribution in [3.05, 3.63) is 58.0 Å². The lowest BCUT2D eigenvalue weighted by Crippen LogP contribution is -2.25. The highest BCUT2D eigenvalue weighted by Crippen LogP contribution is 2.35. The Labute approximate surface area is 188 Å². The van der Waals surface area contributed by atoms with Crippen molar-refractivity contribution in [1.29, 1.82) is 0 Å². The van der Waals surface area contributed by atoms with Crippen LogP contribution in [-0.2, 0) is 30.4 Å². The van der Waals surface area contributed by atoms with E-state index in [0.29, 0.717) is 29.4 Å². The van der Waals surface area contributed by atoms with Crippen LogP contribution in [0.5, 0.6) is 0 Å². The number of sulfone groups is 1. The lowest BCUT2D eigenvalue weighted by Gasteiger charge is -2.23. The summed E-state index contributed by atoms with van der Waals surface area (Å²) in [6.07, 6.45) is 4.88. The van der Waals surface area contributed by atoms with Crippen molar-refractivity contribution in [3.8, 4) is 0 Å². The molecule has 1 saturated carbocycles. The van der Waals surface area contributed by atoms with E-state index in [4.69, 9.17) is 0 Å². The molecule has 1 amide bonds. The van der Waals surface area contributed by atoms with Crippen molar-refractivity contribution >= 4 is 32.5 Å². The Kier molecular flexibility index (Phi) is 5.99. The summed E-state index contributed by atoms with van der Waals surface area (Å²) in [7, 11) is -0.428. The Morgan fingerprint density at radius 1 is 1.00 bits per heavy atom. The number of benzene rings is 2. The Morgan fingerprint density at radius 3 is 2.19 bits per heavy atom. The van der Waals surface area contributed by atoms with Gasteiger partial charge in [0.25, 0.3) is 5.91 Å². The van der Waals surface area contributed by atoms with Gasteiger partial charge in [-0.05, 0) is 49.1 Å². The molecule has 2 aromatic carbocycles. The monoisotopic (exact) mass is 455 g/mol. The van der Waals surface area contributed by atoms with Gasteiger partial charge in [0.2, 0.25) is 0 Å². The lowest BCUT2D eigenvalue weighted by atomic mass is 10.0. The minimum absolute atomic E-state index is 0.0802. The normalized spacial score (nSPS) is 15.2. The van der Waals surface area contributed by atoms with E-state index in [-0.39, 0.29) is 22.2 Å². The van der Waals surface area contributed by atoms with Crippen molar-refractivity contribution in [2.45, 2.75) is 55.6 Å². The van der Waals surface area contributed by atoms with Gasteiger partial charge in [-0.25, -0.2) is 13.2 Å². The summed E-state index contributed by atoms with van der Waals surface area (Å²) in [6, 6.07) is 10.4. The van der Waals surface area contributed by atoms with Crippen LogP contribution >= 0.6 is 0 Å². The van der Waals surface area contributed by atoms with Crippen LogP contribution in [-0.4, -0.2) is 28.7 Å². The minimum atomic E-state index is -3.68. The third-order valence-electron chi connectivity index (χ3n) is 6.54. The number of carbonyl (C=O) groups excluding carboxylic acids is 1. The maximum absolute atomic E-state index is 13.6. The molecule has 8 heteroatoms. The van der Waals surface area contributed by atoms with Crippen molar-refractivity contribution in [2.24, 2.45) is 14.1 Å². The highest BCUT2D eigenvalue weighted by Gasteiger charge is 2.32. The molecule has 0 aliphatic heterocycles. The van der Waals surface area contributed by atoms with Gasteiger partial charge in [-0.1, -0.05) is 38.3 Å². The molecule has 0 unspecified atom stereocenters. The van der Waals surface area contributed by atoms with Gasteiger partial charge in [-0.15, -0.1) is 0 Å². The van der Waals surface area contributed by atoms with Crippen LogP contribution in [0.4, 0.5) is 5.69 Å². The van der Waals surface area contributed by atoms with Crippen molar-refractivity contribution in [1.82, 2.24) is 9.13 Å². The smallest absolute Gasteiger partial charge is 0.321 e. The van der Waals surface area contributed by atoms with Crippen molar-refractivity contribution in [2.75, 3.05) is 5.32 Å². The predicted molar refractivity (Wildman–Crippen MR) is 126 cm³/mol. The van der Waals surface area contributed by atoms with Gasteiger partial charge in [-0.2, -0.15) is 0 Å². The Bertz CT molecular complexity index is 1330.